The van der Waals surface area contributed by atoms with Gasteiger partial charge in [-0.3, -0.25) is 14.9 Å². The number of rotatable bonds is 3. The molecule has 0 atom stereocenters. The van der Waals surface area contributed by atoms with Gasteiger partial charge in [0.1, 0.15) is 0 Å². The number of non-ortho nitro benzene ring substituents is 1. The summed E-state index contributed by atoms with van der Waals surface area (Å²) < 4.78 is 1.64. The third-order valence-corrected chi connectivity index (χ3v) is 3.07. The van der Waals surface area contributed by atoms with Crippen molar-refractivity contribution in [1.29, 1.82) is 0 Å². The van der Waals surface area contributed by atoms with Crippen LogP contribution in [0.5, 0.6) is 0 Å². The smallest absolute Gasteiger partial charge is 0.269 e. The van der Waals surface area contributed by atoms with Crippen LogP contribution < -0.4 is 0 Å². The van der Waals surface area contributed by atoms with Gasteiger partial charge in [0.05, 0.1) is 27.9 Å². The highest BCUT2D eigenvalue weighted by Crippen LogP contribution is 2.23. The Morgan fingerprint density at radius 3 is 2.55 bits per heavy atom. The predicted molar refractivity (Wildman–Crippen MR) is 72.7 cm³/mol. The normalized spacial score (nSPS) is 10.6. The fourth-order valence-electron chi connectivity index (χ4n) is 2.09. The number of pyridine rings is 1. The van der Waals surface area contributed by atoms with Crippen LogP contribution in [0.25, 0.3) is 16.8 Å². The first kappa shape index (κ1) is 12.0. The molecule has 0 spiro atoms. The van der Waals surface area contributed by atoms with Crippen LogP contribution in [0.15, 0.2) is 48.7 Å². The largest absolute Gasteiger partial charge is 0.298 e. The van der Waals surface area contributed by atoms with E-state index >= 15 is 0 Å². The number of carbonyl (C=O) groups is 1. The molecule has 0 saturated heterocycles. The van der Waals surface area contributed by atoms with Crippen molar-refractivity contribution in [2.45, 2.75) is 0 Å². The molecule has 0 amide bonds. The molecule has 0 unspecified atom stereocenters. The topological polar surface area (TPSA) is 77.5 Å². The van der Waals surface area contributed by atoms with Crippen molar-refractivity contribution in [2.75, 3.05) is 0 Å². The van der Waals surface area contributed by atoms with E-state index in [2.05, 4.69) is 5.10 Å². The zero-order valence-corrected chi connectivity index (χ0v) is 10.3. The number of carbonyl (C=O) groups excluding carboxylic acids is 1. The number of hydrogen-bond acceptors (Lipinski definition) is 4. The second-order valence-corrected chi connectivity index (χ2v) is 4.23. The van der Waals surface area contributed by atoms with Crippen LogP contribution in [0.4, 0.5) is 5.69 Å². The maximum atomic E-state index is 10.9. The Morgan fingerprint density at radius 1 is 1.15 bits per heavy atom. The van der Waals surface area contributed by atoms with E-state index in [1.807, 2.05) is 12.1 Å². The van der Waals surface area contributed by atoms with Crippen molar-refractivity contribution in [1.82, 2.24) is 9.61 Å². The molecule has 0 aliphatic rings. The minimum Gasteiger partial charge on any atom is -0.298 e. The number of nitrogens with zero attached hydrogens (tertiary/aromatic N) is 3. The van der Waals surface area contributed by atoms with Gasteiger partial charge in [0.2, 0.25) is 0 Å². The van der Waals surface area contributed by atoms with Crippen molar-refractivity contribution >= 4 is 17.5 Å². The fourth-order valence-corrected chi connectivity index (χ4v) is 2.09. The van der Waals surface area contributed by atoms with E-state index in [4.69, 9.17) is 0 Å². The van der Waals surface area contributed by atoms with Gasteiger partial charge in [-0.25, -0.2) is 4.52 Å². The van der Waals surface area contributed by atoms with E-state index < -0.39 is 4.92 Å². The molecule has 3 rings (SSSR count). The highest BCUT2D eigenvalue weighted by atomic mass is 16.6. The van der Waals surface area contributed by atoms with Gasteiger partial charge in [0, 0.05) is 17.7 Å². The maximum absolute atomic E-state index is 10.9. The summed E-state index contributed by atoms with van der Waals surface area (Å²) in [5, 5.41) is 14.8. The number of nitro groups is 1. The summed E-state index contributed by atoms with van der Waals surface area (Å²) in [4.78, 5) is 21.1. The Morgan fingerprint density at radius 2 is 1.90 bits per heavy atom. The van der Waals surface area contributed by atoms with Crippen LogP contribution in [0.3, 0.4) is 0 Å². The first-order chi connectivity index (χ1) is 9.70. The van der Waals surface area contributed by atoms with E-state index in [-0.39, 0.29) is 5.69 Å². The maximum Gasteiger partial charge on any atom is 0.269 e. The van der Waals surface area contributed by atoms with Gasteiger partial charge in [0.15, 0.2) is 6.29 Å². The summed E-state index contributed by atoms with van der Waals surface area (Å²) in [7, 11) is 0. The highest BCUT2D eigenvalue weighted by molar-refractivity contribution is 5.86. The molecule has 0 fully saturated rings. The van der Waals surface area contributed by atoms with Crippen LogP contribution in [0.1, 0.15) is 10.4 Å². The zero-order chi connectivity index (χ0) is 14.1. The summed E-state index contributed by atoms with van der Waals surface area (Å²) in [6, 6.07) is 11.7. The van der Waals surface area contributed by atoms with E-state index in [9.17, 15) is 14.9 Å². The van der Waals surface area contributed by atoms with Crippen molar-refractivity contribution in [2.24, 2.45) is 0 Å². The number of aldehydes is 1. The summed E-state index contributed by atoms with van der Waals surface area (Å²) in [6.45, 7) is 0. The summed E-state index contributed by atoms with van der Waals surface area (Å²) in [5.41, 5.74) is 2.81. The summed E-state index contributed by atoms with van der Waals surface area (Å²) >= 11 is 0. The van der Waals surface area contributed by atoms with Crippen molar-refractivity contribution in [3.8, 4) is 11.3 Å². The van der Waals surface area contributed by atoms with E-state index in [0.29, 0.717) is 11.1 Å². The number of hydrogen-bond donors (Lipinski definition) is 0. The molecular weight excluding hydrogens is 258 g/mol. The van der Waals surface area contributed by atoms with Gasteiger partial charge in [-0.1, -0.05) is 6.07 Å². The van der Waals surface area contributed by atoms with E-state index in [0.717, 1.165) is 17.5 Å². The number of benzene rings is 1. The third-order valence-electron chi connectivity index (χ3n) is 3.07. The standard InChI is InChI=1S/C14H9N3O3/c18-9-11-8-15-16-13(2-1-3-14(11)16)10-4-6-12(7-5-10)17(19)20/h1-9H. The number of nitro benzene ring substituents is 1. The van der Waals surface area contributed by atoms with Gasteiger partial charge in [-0.15, -0.1) is 0 Å². The lowest BCUT2D eigenvalue weighted by Crippen LogP contribution is -1.94. The summed E-state index contributed by atoms with van der Waals surface area (Å²) in [5.74, 6) is 0. The monoisotopic (exact) mass is 267 g/mol. The van der Waals surface area contributed by atoms with Gasteiger partial charge in [-0.2, -0.15) is 5.10 Å². The van der Waals surface area contributed by atoms with Crippen LogP contribution in [-0.4, -0.2) is 20.8 Å². The fraction of sp³-hybridized carbons (Fsp3) is 0. The van der Waals surface area contributed by atoms with Gasteiger partial charge in [0.25, 0.3) is 5.69 Å². The minimum atomic E-state index is -0.442. The average molecular weight is 267 g/mol. The lowest BCUT2D eigenvalue weighted by molar-refractivity contribution is -0.384. The number of aromatic nitrogens is 2. The Labute approximate surface area is 113 Å². The van der Waals surface area contributed by atoms with Crippen molar-refractivity contribution in [3.05, 3.63) is 64.3 Å². The van der Waals surface area contributed by atoms with Gasteiger partial charge in [-0.05, 0) is 24.3 Å². The molecule has 0 N–H and O–H groups in total. The lowest BCUT2D eigenvalue weighted by atomic mass is 10.1. The lowest BCUT2D eigenvalue weighted by Gasteiger charge is -2.04. The van der Waals surface area contributed by atoms with Crippen LogP contribution in [0.2, 0.25) is 0 Å². The molecule has 20 heavy (non-hydrogen) atoms. The minimum absolute atomic E-state index is 0.0370. The predicted octanol–water partition coefficient (Wildman–Crippen LogP) is 2.72. The molecule has 0 radical (unpaired) electrons. The molecule has 0 aliphatic heterocycles. The average Bonchev–Trinajstić information content (AvgIpc) is 2.90. The second-order valence-electron chi connectivity index (χ2n) is 4.23. The quantitative estimate of drug-likeness (QED) is 0.415. The molecule has 98 valence electrons. The second kappa shape index (κ2) is 4.58. The molecule has 3 aromatic rings. The molecule has 2 heterocycles. The van der Waals surface area contributed by atoms with Gasteiger partial charge < -0.3 is 0 Å². The summed E-state index contributed by atoms with van der Waals surface area (Å²) in [6.07, 6.45) is 2.25. The molecule has 0 saturated carbocycles. The molecule has 2 aromatic heterocycles. The Hall–Kier alpha value is -3.02. The van der Waals surface area contributed by atoms with E-state index in [1.54, 1.807) is 22.7 Å². The first-order valence-corrected chi connectivity index (χ1v) is 5.87. The van der Waals surface area contributed by atoms with Crippen LogP contribution >= 0.6 is 0 Å². The van der Waals surface area contributed by atoms with Crippen LogP contribution in [-0.2, 0) is 0 Å². The van der Waals surface area contributed by atoms with E-state index in [1.165, 1.54) is 18.3 Å². The molecule has 1 aromatic carbocycles. The number of fused-ring (bicyclic) bond motifs is 1. The van der Waals surface area contributed by atoms with Gasteiger partial charge >= 0.3 is 0 Å². The first-order valence-electron chi connectivity index (χ1n) is 5.87. The van der Waals surface area contributed by atoms with Crippen molar-refractivity contribution in [3.63, 3.8) is 0 Å². The molecular formula is C14H9N3O3. The third kappa shape index (κ3) is 1.83. The SMILES string of the molecule is O=Cc1cnn2c(-c3ccc([N+](=O)[O-])cc3)cccc12. The van der Waals surface area contributed by atoms with Crippen molar-refractivity contribution < 1.29 is 9.72 Å². The Bertz CT molecular complexity index is 806. The van der Waals surface area contributed by atoms with Crippen LogP contribution in [0, 0.1) is 10.1 Å². The Balaban J connectivity index is 2.16. The highest BCUT2D eigenvalue weighted by Gasteiger charge is 2.10. The Kier molecular flexibility index (Phi) is 2.76. The molecule has 6 nitrogen and oxygen atoms in total. The zero-order valence-electron chi connectivity index (χ0n) is 10.3. The molecule has 6 heteroatoms. The molecule has 0 bridgehead atoms. The molecule has 0 aliphatic carbocycles.